The fraction of sp³-hybridized carbons (Fsp3) is 0.667. The van der Waals surface area contributed by atoms with Crippen molar-refractivity contribution in [1.29, 1.82) is 0 Å². The van der Waals surface area contributed by atoms with E-state index in [1.807, 2.05) is 5.70 Å². The van der Waals surface area contributed by atoms with Gasteiger partial charge in [0.2, 0.25) is 3.79 Å². The van der Waals surface area contributed by atoms with Crippen molar-refractivity contribution in [3.63, 3.8) is 0 Å². The highest BCUT2D eigenvalue weighted by molar-refractivity contribution is 6.81. The van der Waals surface area contributed by atoms with Crippen LogP contribution in [0, 0.1) is 0 Å². The lowest BCUT2D eigenvalue weighted by Crippen LogP contribution is -2.16. The molecule has 0 radical (unpaired) electrons. The van der Waals surface area contributed by atoms with Crippen molar-refractivity contribution >= 4 is 42.9 Å². The third-order valence-electron chi connectivity index (χ3n) is 0.772. The summed E-state index contributed by atoms with van der Waals surface area (Å²) in [6, 6.07) is 0. The largest absolute Gasteiger partial charge is 0.208 e. The van der Waals surface area contributed by atoms with Gasteiger partial charge in [0.15, 0.2) is 0 Å². The fourth-order valence-electron chi connectivity index (χ4n) is 0.344. The maximum atomic E-state index is 5.51. The molecule has 0 aliphatic carbocycles. The van der Waals surface area contributed by atoms with Crippen molar-refractivity contribution in [2.24, 2.45) is 0 Å². The average molecular weight is 218 g/mol. The second kappa shape index (κ2) is 3.48. The van der Waals surface area contributed by atoms with Crippen molar-refractivity contribution in [1.82, 2.24) is 0 Å². The van der Waals surface area contributed by atoms with E-state index in [2.05, 4.69) is 19.6 Å². The molecule has 0 aliphatic rings. The van der Waals surface area contributed by atoms with E-state index in [9.17, 15) is 0 Å². The molecule has 0 heterocycles. The number of alkyl halides is 3. The highest BCUT2D eigenvalue weighted by Crippen LogP contribution is 2.28. The Balaban J connectivity index is 4.01. The van der Waals surface area contributed by atoms with E-state index >= 15 is 0 Å². The average Bonchev–Trinajstić information content (AvgIpc) is 1.57. The van der Waals surface area contributed by atoms with Gasteiger partial charge in [0, 0.05) is 0 Å². The normalized spacial score (nSPS) is 14.6. The van der Waals surface area contributed by atoms with Gasteiger partial charge in [0.05, 0.1) is 8.07 Å². The predicted molar refractivity (Wildman–Crippen MR) is 52.8 cm³/mol. The molecule has 0 aromatic heterocycles. The zero-order chi connectivity index (χ0) is 8.41. The molecule has 0 saturated carbocycles. The molecule has 0 spiro atoms. The van der Waals surface area contributed by atoms with E-state index in [0.29, 0.717) is 0 Å². The Morgan fingerprint density at radius 2 is 1.50 bits per heavy atom. The highest BCUT2D eigenvalue weighted by atomic mass is 35.6. The first-order valence-corrected chi connectivity index (χ1v) is 7.69. The minimum Gasteiger partial charge on any atom is -0.0948 e. The Morgan fingerprint density at radius 1 is 1.10 bits per heavy atom. The topological polar surface area (TPSA) is 0 Å². The van der Waals surface area contributed by atoms with Gasteiger partial charge in [-0.15, -0.1) is 0 Å². The molecule has 0 bridgehead atoms. The smallest absolute Gasteiger partial charge is 0.0948 e. The van der Waals surface area contributed by atoms with Crippen LogP contribution in [0.3, 0.4) is 0 Å². The maximum Gasteiger partial charge on any atom is 0.208 e. The summed E-state index contributed by atoms with van der Waals surface area (Å²) in [5.74, 6) is 0. The van der Waals surface area contributed by atoms with E-state index in [1.165, 1.54) is 0 Å². The summed E-state index contributed by atoms with van der Waals surface area (Å²) < 4.78 is -1.22. The van der Waals surface area contributed by atoms with Crippen LogP contribution in [0.1, 0.15) is 0 Å². The van der Waals surface area contributed by atoms with Crippen molar-refractivity contribution < 1.29 is 0 Å². The highest BCUT2D eigenvalue weighted by Gasteiger charge is 2.16. The van der Waals surface area contributed by atoms with Gasteiger partial charge in [-0.3, -0.25) is 0 Å². The van der Waals surface area contributed by atoms with E-state index < -0.39 is 11.9 Å². The summed E-state index contributed by atoms with van der Waals surface area (Å²) in [5.41, 5.74) is 2.01. The first-order chi connectivity index (χ1) is 4.21. The first-order valence-electron chi connectivity index (χ1n) is 2.98. The van der Waals surface area contributed by atoms with E-state index in [-0.39, 0.29) is 0 Å². The number of rotatable bonds is 1. The van der Waals surface area contributed by atoms with E-state index in [0.717, 1.165) is 0 Å². The van der Waals surface area contributed by atoms with Crippen LogP contribution in [0.5, 0.6) is 0 Å². The summed E-state index contributed by atoms with van der Waals surface area (Å²) in [6.45, 7) is 6.54. The zero-order valence-electron chi connectivity index (χ0n) is 6.29. The van der Waals surface area contributed by atoms with Gasteiger partial charge < -0.3 is 0 Å². The number of halogens is 3. The summed E-state index contributed by atoms with van der Waals surface area (Å²) in [5, 5.41) is 0. The summed E-state index contributed by atoms with van der Waals surface area (Å²) in [7, 11) is -1.20. The lowest BCUT2D eigenvalue weighted by molar-refractivity contribution is 1.47. The Labute approximate surface area is 78.2 Å². The van der Waals surface area contributed by atoms with Crippen LogP contribution in [0.4, 0.5) is 0 Å². The Bertz CT molecular complexity index is 113. The molecular formula is C6H11Cl3Si. The molecule has 0 aliphatic heterocycles. The number of hydrogen-bond acceptors (Lipinski definition) is 0. The van der Waals surface area contributed by atoms with Gasteiger partial charge >= 0.3 is 0 Å². The molecule has 0 N–H and O–H groups in total. The van der Waals surface area contributed by atoms with Crippen LogP contribution >= 0.6 is 34.8 Å². The molecule has 10 heavy (non-hydrogen) atoms. The Kier molecular flexibility index (Phi) is 3.77. The lowest BCUT2D eigenvalue weighted by Gasteiger charge is -2.10. The van der Waals surface area contributed by atoms with Gasteiger partial charge in [0.1, 0.15) is 0 Å². The van der Waals surface area contributed by atoms with Gasteiger partial charge in [-0.05, 0) is 6.08 Å². The molecular weight excluding hydrogens is 207 g/mol. The molecule has 0 nitrogen and oxygen atoms in total. The SMILES string of the molecule is C[Si](C)(C)C=CC(Cl)(Cl)Cl. The minimum absolute atomic E-state index is 1.20. The van der Waals surface area contributed by atoms with Gasteiger partial charge in [-0.2, -0.15) is 0 Å². The quantitative estimate of drug-likeness (QED) is 0.463. The van der Waals surface area contributed by atoms with Crippen molar-refractivity contribution in [3.8, 4) is 0 Å². The van der Waals surface area contributed by atoms with Crippen molar-refractivity contribution in [2.75, 3.05) is 0 Å². The van der Waals surface area contributed by atoms with Crippen LogP contribution in [0.15, 0.2) is 11.8 Å². The maximum absolute atomic E-state index is 5.51. The molecule has 4 heteroatoms. The molecule has 60 valence electrons. The summed E-state index contributed by atoms with van der Waals surface area (Å²) in [4.78, 5) is 0. The van der Waals surface area contributed by atoms with Gasteiger partial charge in [0.25, 0.3) is 0 Å². The van der Waals surface area contributed by atoms with Crippen LogP contribution in [0.25, 0.3) is 0 Å². The molecule has 0 amide bonds. The standard InChI is InChI=1S/C6H11Cl3Si/c1-10(2,3)5-4-6(7,8)9/h4-5H,1-3H3. The molecule has 0 aromatic carbocycles. The van der Waals surface area contributed by atoms with E-state index in [4.69, 9.17) is 34.8 Å². The van der Waals surface area contributed by atoms with Crippen molar-refractivity contribution in [2.45, 2.75) is 23.4 Å². The third-order valence-corrected chi connectivity index (χ3v) is 2.32. The second-order valence-electron chi connectivity index (χ2n) is 3.24. The van der Waals surface area contributed by atoms with Gasteiger partial charge in [-0.1, -0.05) is 60.1 Å². The van der Waals surface area contributed by atoms with Gasteiger partial charge in [-0.25, -0.2) is 0 Å². The molecule has 0 saturated heterocycles. The molecule has 0 aromatic rings. The Hall–Kier alpha value is 0.827. The van der Waals surface area contributed by atoms with Crippen LogP contribution < -0.4 is 0 Å². The Morgan fingerprint density at radius 3 is 1.60 bits per heavy atom. The molecule has 0 rings (SSSR count). The summed E-state index contributed by atoms with van der Waals surface area (Å²) >= 11 is 16.5. The lowest BCUT2D eigenvalue weighted by atomic mass is 10.7. The minimum atomic E-state index is -1.22. The predicted octanol–water partition coefficient (Wildman–Crippen LogP) is 3.79. The number of allylic oxidation sites excluding steroid dienone is 1. The molecule has 0 atom stereocenters. The fourth-order valence-corrected chi connectivity index (χ4v) is 1.60. The van der Waals surface area contributed by atoms with Crippen LogP contribution in [-0.4, -0.2) is 11.9 Å². The first kappa shape index (κ1) is 10.8. The second-order valence-corrected chi connectivity index (χ2v) is 10.7. The zero-order valence-corrected chi connectivity index (χ0v) is 9.56. The van der Waals surface area contributed by atoms with E-state index in [1.54, 1.807) is 6.08 Å². The molecule has 0 unspecified atom stereocenters. The third kappa shape index (κ3) is 8.83. The van der Waals surface area contributed by atoms with Crippen molar-refractivity contribution in [3.05, 3.63) is 11.8 Å². The summed E-state index contributed by atoms with van der Waals surface area (Å²) in [6.07, 6.45) is 1.63. The molecule has 0 fully saturated rings. The van der Waals surface area contributed by atoms with Crippen LogP contribution in [0.2, 0.25) is 19.6 Å². The van der Waals surface area contributed by atoms with Crippen LogP contribution in [-0.2, 0) is 0 Å². The number of hydrogen-bond donors (Lipinski definition) is 0. The monoisotopic (exact) mass is 216 g/mol.